The number of rotatable bonds is 5. The van der Waals surface area contributed by atoms with Gasteiger partial charge < -0.3 is 10.2 Å². The molecule has 0 aromatic heterocycles. The Labute approximate surface area is 198 Å². The third kappa shape index (κ3) is 5.25. The summed E-state index contributed by atoms with van der Waals surface area (Å²) >= 11 is 0. The molecule has 5 nitrogen and oxygen atoms in total. The number of carbonyl (C=O) groups is 1. The first kappa shape index (κ1) is 22.4. The maximum atomic E-state index is 12.5. The van der Waals surface area contributed by atoms with E-state index in [9.17, 15) is 4.79 Å². The molecule has 2 aromatic rings. The van der Waals surface area contributed by atoms with Crippen molar-refractivity contribution in [2.45, 2.75) is 56.7 Å². The molecule has 2 heterocycles. The zero-order valence-corrected chi connectivity index (χ0v) is 20.0. The second-order valence-corrected chi connectivity index (χ2v) is 10.1. The Kier molecular flexibility index (Phi) is 6.98. The molecule has 0 radical (unpaired) electrons. The molecule has 2 saturated heterocycles. The predicted octanol–water partition coefficient (Wildman–Crippen LogP) is 4.32. The fourth-order valence-electron chi connectivity index (χ4n) is 5.91. The Bertz CT molecular complexity index is 901. The highest BCUT2D eigenvalue weighted by Crippen LogP contribution is 2.29. The van der Waals surface area contributed by atoms with E-state index in [-0.39, 0.29) is 5.91 Å². The van der Waals surface area contributed by atoms with E-state index in [0.717, 1.165) is 51.1 Å². The van der Waals surface area contributed by atoms with E-state index in [1.807, 2.05) is 12.1 Å². The van der Waals surface area contributed by atoms with E-state index < -0.39 is 0 Å². The molecular weight excluding hydrogens is 408 g/mol. The first-order valence-corrected chi connectivity index (χ1v) is 12.8. The molecule has 0 bridgehead atoms. The molecule has 2 aromatic carbocycles. The Morgan fingerprint density at radius 2 is 1.55 bits per heavy atom. The molecule has 33 heavy (non-hydrogen) atoms. The van der Waals surface area contributed by atoms with E-state index in [1.54, 1.807) is 0 Å². The van der Waals surface area contributed by atoms with Crippen molar-refractivity contribution >= 4 is 11.6 Å². The second-order valence-electron chi connectivity index (χ2n) is 10.1. The van der Waals surface area contributed by atoms with Crippen molar-refractivity contribution in [3.8, 4) is 0 Å². The topological polar surface area (TPSA) is 38.8 Å². The van der Waals surface area contributed by atoms with E-state index in [2.05, 4.69) is 69.5 Å². The minimum Gasteiger partial charge on any atom is -0.371 e. The van der Waals surface area contributed by atoms with Gasteiger partial charge in [-0.25, -0.2) is 0 Å². The van der Waals surface area contributed by atoms with Crippen molar-refractivity contribution in [3.05, 3.63) is 65.7 Å². The van der Waals surface area contributed by atoms with Crippen LogP contribution < -0.4 is 10.2 Å². The maximum absolute atomic E-state index is 12.5. The van der Waals surface area contributed by atoms with Crippen molar-refractivity contribution in [1.29, 1.82) is 0 Å². The molecule has 3 aliphatic rings. The zero-order valence-electron chi connectivity index (χ0n) is 20.0. The van der Waals surface area contributed by atoms with Crippen LogP contribution >= 0.6 is 0 Å². The SMILES string of the molecule is CN1CCN(C2CCN(c3ccc(C(=O)NC4CCCC4)cc3)CC2)CC1c1ccccc1. The number of carbonyl (C=O) groups excluding carboxylic acids is 1. The van der Waals surface area contributed by atoms with Crippen LogP contribution in [0.2, 0.25) is 0 Å². The lowest BCUT2D eigenvalue weighted by Crippen LogP contribution is -2.53. The minimum absolute atomic E-state index is 0.0789. The van der Waals surface area contributed by atoms with Gasteiger partial charge in [0.05, 0.1) is 0 Å². The maximum Gasteiger partial charge on any atom is 0.251 e. The normalized spacial score (nSPS) is 23.7. The van der Waals surface area contributed by atoms with Crippen molar-refractivity contribution in [3.63, 3.8) is 0 Å². The van der Waals surface area contributed by atoms with Crippen LogP contribution in [0, 0.1) is 0 Å². The molecule has 5 rings (SSSR count). The van der Waals surface area contributed by atoms with Crippen molar-refractivity contribution in [2.75, 3.05) is 44.7 Å². The van der Waals surface area contributed by atoms with Gasteiger partial charge in [0.2, 0.25) is 0 Å². The molecule has 1 aliphatic carbocycles. The molecular formula is C28H38N4O. The van der Waals surface area contributed by atoms with Gasteiger partial charge in [-0.3, -0.25) is 14.6 Å². The summed E-state index contributed by atoms with van der Waals surface area (Å²) < 4.78 is 0. The third-order valence-corrected chi connectivity index (χ3v) is 8.03. The van der Waals surface area contributed by atoms with Gasteiger partial charge in [0.25, 0.3) is 5.91 Å². The first-order chi connectivity index (χ1) is 16.2. The van der Waals surface area contributed by atoms with E-state index in [4.69, 9.17) is 0 Å². The summed E-state index contributed by atoms with van der Waals surface area (Å²) in [7, 11) is 2.26. The van der Waals surface area contributed by atoms with Crippen LogP contribution in [-0.4, -0.2) is 67.6 Å². The van der Waals surface area contributed by atoms with Gasteiger partial charge in [0.1, 0.15) is 0 Å². The summed E-state index contributed by atoms with van der Waals surface area (Å²) in [6.07, 6.45) is 7.13. The van der Waals surface area contributed by atoms with E-state index in [0.29, 0.717) is 18.1 Å². The summed E-state index contributed by atoms with van der Waals surface area (Å²) in [5.74, 6) is 0.0789. The number of nitrogens with one attached hydrogen (secondary N) is 1. The number of anilines is 1. The lowest BCUT2D eigenvalue weighted by atomic mass is 9.97. The van der Waals surface area contributed by atoms with E-state index in [1.165, 1.54) is 36.9 Å². The Hall–Kier alpha value is -2.37. The van der Waals surface area contributed by atoms with Crippen molar-refractivity contribution in [1.82, 2.24) is 15.1 Å². The van der Waals surface area contributed by atoms with Crippen LogP contribution in [0.1, 0.15) is 60.5 Å². The van der Waals surface area contributed by atoms with Gasteiger partial charge in [-0.1, -0.05) is 43.2 Å². The van der Waals surface area contributed by atoms with Crippen LogP contribution in [0.15, 0.2) is 54.6 Å². The molecule has 1 amide bonds. The van der Waals surface area contributed by atoms with Crippen molar-refractivity contribution < 1.29 is 4.79 Å². The largest absolute Gasteiger partial charge is 0.371 e. The number of piperidine rings is 1. The average molecular weight is 447 g/mol. The summed E-state index contributed by atoms with van der Waals surface area (Å²) in [6.45, 7) is 5.58. The van der Waals surface area contributed by atoms with Crippen LogP contribution in [0.3, 0.4) is 0 Å². The van der Waals surface area contributed by atoms with Gasteiger partial charge in [-0.2, -0.15) is 0 Å². The fourth-order valence-corrected chi connectivity index (χ4v) is 5.91. The standard InChI is InChI=1S/C28H38N4O/c1-30-19-20-32(21-27(30)22-7-3-2-4-8-22)26-15-17-31(18-16-26)25-13-11-23(12-14-25)28(33)29-24-9-5-6-10-24/h2-4,7-8,11-14,24,26-27H,5-6,9-10,15-21H2,1H3,(H,29,33). The Morgan fingerprint density at radius 1 is 0.848 bits per heavy atom. The molecule has 1 saturated carbocycles. The predicted molar refractivity (Wildman–Crippen MR) is 135 cm³/mol. The van der Waals surface area contributed by atoms with Crippen molar-refractivity contribution in [2.24, 2.45) is 0 Å². The molecule has 2 aliphatic heterocycles. The highest BCUT2D eigenvalue weighted by atomic mass is 16.1. The summed E-state index contributed by atoms with van der Waals surface area (Å²) in [5, 5.41) is 3.19. The molecule has 3 fully saturated rings. The number of benzene rings is 2. The molecule has 0 spiro atoms. The second kappa shape index (κ2) is 10.3. The van der Waals surface area contributed by atoms with Crippen LogP contribution in [0.5, 0.6) is 0 Å². The summed E-state index contributed by atoms with van der Waals surface area (Å²) in [4.78, 5) is 20.2. The molecule has 1 N–H and O–H groups in total. The average Bonchev–Trinajstić information content (AvgIpc) is 3.38. The monoisotopic (exact) mass is 446 g/mol. The zero-order chi connectivity index (χ0) is 22.6. The Morgan fingerprint density at radius 3 is 2.24 bits per heavy atom. The van der Waals surface area contributed by atoms with Gasteiger partial charge in [-0.15, -0.1) is 0 Å². The number of hydrogen-bond acceptors (Lipinski definition) is 4. The van der Waals surface area contributed by atoms with Gasteiger partial charge in [0, 0.05) is 62.1 Å². The molecule has 5 heteroatoms. The lowest BCUT2D eigenvalue weighted by molar-refractivity contribution is 0.0551. The number of nitrogens with zero attached hydrogens (tertiary/aromatic N) is 3. The summed E-state index contributed by atoms with van der Waals surface area (Å²) in [5.41, 5.74) is 3.45. The number of likely N-dealkylation sites (N-methyl/N-ethyl adjacent to an activating group) is 1. The van der Waals surface area contributed by atoms with Gasteiger partial charge >= 0.3 is 0 Å². The summed E-state index contributed by atoms with van der Waals surface area (Å²) in [6, 6.07) is 20.7. The highest BCUT2D eigenvalue weighted by Gasteiger charge is 2.31. The highest BCUT2D eigenvalue weighted by molar-refractivity contribution is 5.94. The molecule has 1 atom stereocenters. The third-order valence-electron chi connectivity index (χ3n) is 8.03. The minimum atomic E-state index is 0.0789. The fraction of sp³-hybridized carbons (Fsp3) is 0.536. The molecule has 176 valence electrons. The van der Waals surface area contributed by atoms with Crippen LogP contribution in [0.4, 0.5) is 5.69 Å². The quantitative estimate of drug-likeness (QED) is 0.743. The first-order valence-electron chi connectivity index (χ1n) is 12.8. The van der Waals surface area contributed by atoms with Crippen LogP contribution in [0.25, 0.3) is 0 Å². The number of piperazine rings is 1. The van der Waals surface area contributed by atoms with Crippen LogP contribution in [-0.2, 0) is 0 Å². The number of amides is 1. The van der Waals surface area contributed by atoms with E-state index >= 15 is 0 Å². The lowest BCUT2D eigenvalue weighted by Gasteiger charge is -2.46. The van der Waals surface area contributed by atoms with Gasteiger partial charge in [-0.05, 0) is 62.6 Å². The van der Waals surface area contributed by atoms with Gasteiger partial charge in [0.15, 0.2) is 0 Å². The molecule has 1 unspecified atom stereocenters. The number of hydrogen-bond donors (Lipinski definition) is 1. The Balaban J connectivity index is 1.14. The smallest absolute Gasteiger partial charge is 0.251 e.